The van der Waals surface area contributed by atoms with Crippen LogP contribution in [0.2, 0.25) is 6.04 Å². The zero-order valence-corrected chi connectivity index (χ0v) is 17.6. The molecule has 4 heteroatoms. The summed E-state index contributed by atoms with van der Waals surface area (Å²) >= 11 is 0. The van der Waals surface area contributed by atoms with Crippen LogP contribution in [0.3, 0.4) is 0 Å². The van der Waals surface area contributed by atoms with Crippen LogP contribution in [0.1, 0.15) is 97.8 Å². The smallest absolute Gasteiger partial charge is 0.374 e. The maximum absolute atomic E-state index is 5.88. The fraction of sp³-hybridized carbons (Fsp3) is 1.00. The minimum atomic E-state index is -2.37. The van der Waals surface area contributed by atoms with Gasteiger partial charge in [0.15, 0.2) is 0 Å². The molecular weight excluding hydrogens is 316 g/mol. The van der Waals surface area contributed by atoms with Gasteiger partial charge in [-0.2, -0.15) is 0 Å². The van der Waals surface area contributed by atoms with Crippen molar-refractivity contribution in [1.82, 2.24) is 0 Å². The van der Waals surface area contributed by atoms with Crippen LogP contribution in [-0.4, -0.2) is 28.6 Å². The highest BCUT2D eigenvalue weighted by Crippen LogP contribution is 2.30. The highest BCUT2D eigenvalue weighted by Gasteiger charge is 2.39. The lowest BCUT2D eigenvalue weighted by atomic mass is 10.0. The van der Waals surface area contributed by atoms with E-state index >= 15 is 0 Å². The summed E-state index contributed by atoms with van der Waals surface area (Å²) in [6, 6.07) is 0.981. The highest BCUT2D eigenvalue weighted by molar-refractivity contribution is 6.60. The van der Waals surface area contributed by atoms with Crippen molar-refractivity contribution in [2.45, 2.75) is 104 Å². The van der Waals surface area contributed by atoms with Crippen LogP contribution < -0.4 is 0 Å². The van der Waals surface area contributed by atoms with Gasteiger partial charge in [0.1, 0.15) is 0 Å². The van der Waals surface area contributed by atoms with Gasteiger partial charge in [0.2, 0.25) is 0 Å². The second-order valence-corrected chi connectivity index (χ2v) is 9.88. The highest BCUT2D eigenvalue weighted by atomic mass is 28.4. The Labute approximate surface area is 152 Å². The molecule has 0 aromatic rings. The van der Waals surface area contributed by atoms with Crippen molar-refractivity contribution >= 4 is 8.80 Å². The van der Waals surface area contributed by atoms with E-state index in [4.69, 9.17) is 13.3 Å². The molecule has 144 valence electrons. The molecule has 0 heterocycles. The van der Waals surface area contributed by atoms with E-state index in [-0.39, 0.29) is 0 Å². The minimum Gasteiger partial charge on any atom is -0.374 e. The molecule has 0 saturated heterocycles. The molecule has 2 aliphatic rings. The predicted octanol–water partition coefficient (Wildman–Crippen LogP) is 6.35. The van der Waals surface area contributed by atoms with Crippen molar-refractivity contribution in [3.8, 4) is 0 Å². The lowest BCUT2D eigenvalue weighted by molar-refractivity contribution is 0.0705. The summed E-state index contributed by atoms with van der Waals surface area (Å²) in [5, 5.41) is 0. The van der Waals surface area contributed by atoms with E-state index in [1.807, 2.05) is 20.8 Å². The van der Waals surface area contributed by atoms with Crippen molar-refractivity contribution in [1.29, 1.82) is 0 Å². The van der Waals surface area contributed by atoms with Gasteiger partial charge in [-0.15, -0.1) is 0 Å². The normalized spacial score (nSPS) is 18.6. The average Bonchev–Trinajstić information content (AvgIpc) is 3.28. The van der Waals surface area contributed by atoms with Crippen molar-refractivity contribution < 1.29 is 13.3 Å². The number of hydrogen-bond acceptors (Lipinski definition) is 3. The molecule has 2 aliphatic carbocycles. The SMILES string of the molecule is C1CCCC1.CCO[Si](CCCCC1CCCC1)(OCC)OCC. The maximum Gasteiger partial charge on any atom is 0.500 e. The summed E-state index contributed by atoms with van der Waals surface area (Å²) in [5.74, 6) is 0.988. The Bertz CT molecular complexity index is 251. The first-order chi connectivity index (χ1) is 11.8. The third-order valence-corrected chi connectivity index (χ3v) is 8.31. The van der Waals surface area contributed by atoms with Gasteiger partial charge in [-0.25, -0.2) is 0 Å². The van der Waals surface area contributed by atoms with E-state index in [1.165, 1.54) is 77.0 Å². The van der Waals surface area contributed by atoms with Gasteiger partial charge >= 0.3 is 8.80 Å². The third-order valence-electron chi connectivity index (χ3n) is 5.16. The average molecular weight is 359 g/mol. The number of rotatable bonds is 11. The van der Waals surface area contributed by atoms with Crippen LogP contribution in [0.25, 0.3) is 0 Å². The van der Waals surface area contributed by atoms with Gasteiger partial charge in [0.05, 0.1) is 0 Å². The summed E-state index contributed by atoms with van der Waals surface area (Å²) in [7, 11) is -2.37. The lowest BCUT2D eigenvalue weighted by Gasteiger charge is -2.28. The van der Waals surface area contributed by atoms with E-state index in [9.17, 15) is 0 Å². The third kappa shape index (κ3) is 9.55. The summed E-state index contributed by atoms with van der Waals surface area (Å²) < 4.78 is 17.6. The summed E-state index contributed by atoms with van der Waals surface area (Å²) in [5.41, 5.74) is 0. The molecule has 0 amide bonds. The Balaban J connectivity index is 0.000000488. The van der Waals surface area contributed by atoms with Gasteiger partial charge in [-0.1, -0.05) is 70.6 Å². The van der Waals surface area contributed by atoms with E-state index in [0.717, 1.165) is 12.0 Å². The van der Waals surface area contributed by atoms with Crippen molar-refractivity contribution in [3.05, 3.63) is 0 Å². The maximum atomic E-state index is 5.88. The van der Waals surface area contributed by atoms with E-state index in [1.54, 1.807) is 0 Å². The van der Waals surface area contributed by atoms with Crippen LogP contribution >= 0.6 is 0 Å². The first-order valence-electron chi connectivity index (χ1n) is 10.7. The van der Waals surface area contributed by atoms with Gasteiger partial charge < -0.3 is 13.3 Å². The molecule has 0 atom stereocenters. The molecule has 0 aliphatic heterocycles. The molecule has 0 N–H and O–H groups in total. The minimum absolute atomic E-state index is 0.689. The Morgan fingerprint density at radius 1 is 0.667 bits per heavy atom. The topological polar surface area (TPSA) is 27.7 Å². The molecule has 2 saturated carbocycles. The standard InChI is InChI=1S/C15H32O3Si.C5H10/c1-4-16-19(17-5-2,18-6-3)14-10-9-13-15-11-7-8-12-15;1-2-4-5-3-1/h15H,4-14H2,1-3H3;1-5H2. The van der Waals surface area contributed by atoms with Crippen LogP contribution in [-0.2, 0) is 13.3 Å². The number of unbranched alkanes of at least 4 members (excludes halogenated alkanes) is 1. The molecular formula is C20H42O3Si. The van der Waals surface area contributed by atoms with Gasteiger partial charge in [0, 0.05) is 25.9 Å². The van der Waals surface area contributed by atoms with Crippen LogP contribution in [0, 0.1) is 5.92 Å². The largest absolute Gasteiger partial charge is 0.500 e. The molecule has 3 nitrogen and oxygen atoms in total. The van der Waals surface area contributed by atoms with Crippen LogP contribution in [0.4, 0.5) is 0 Å². The van der Waals surface area contributed by atoms with Crippen molar-refractivity contribution in [2.24, 2.45) is 5.92 Å². The first kappa shape index (κ1) is 22.1. The molecule has 0 bridgehead atoms. The van der Waals surface area contributed by atoms with Crippen LogP contribution in [0.5, 0.6) is 0 Å². The summed E-state index contributed by atoms with van der Waals surface area (Å²) in [4.78, 5) is 0. The number of hydrogen-bond donors (Lipinski definition) is 0. The molecule has 0 aromatic carbocycles. The molecule has 24 heavy (non-hydrogen) atoms. The zero-order valence-electron chi connectivity index (χ0n) is 16.6. The van der Waals surface area contributed by atoms with Crippen LogP contribution in [0.15, 0.2) is 0 Å². The zero-order chi connectivity index (χ0) is 17.5. The van der Waals surface area contributed by atoms with E-state index in [0.29, 0.717) is 19.8 Å². The fourth-order valence-electron chi connectivity index (χ4n) is 3.96. The summed E-state index contributed by atoms with van der Waals surface area (Å²) in [6.07, 6.45) is 17.2. The predicted molar refractivity (Wildman–Crippen MR) is 104 cm³/mol. The fourth-order valence-corrected chi connectivity index (χ4v) is 6.64. The molecule has 0 radical (unpaired) electrons. The van der Waals surface area contributed by atoms with E-state index < -0.39 is 8.80 Å². The van der Waals surface area contributed by atoms with Crippen molar-refractivity contribution in [2.75, 3.05) is 19.8 Å². The Morgan fingerprint density at radius 2 is 1.12 bits per heavy atom. The molecule has 2 rings (SSSR count). The Hall–Kier alpha value is 0.0969. The first-order valence-corrected chi connectivity index (χ1v) is 12.6. The van der Waals surface area contributed by atoms with Gasteiger partial charge in [0.25, 0.3) is 0 Å². The quantitative estimate of drug-likeness (QED) is 0.318. The lowest BCUT2D eigenvalue weighted by Crippen LogP contribution is -2.45. The molecule has 0 spiro atoms. The second-order valence-electron chi connectivity index (χ2n) is 7.15. The van der Waals surface area contributed by atoms with Gasteiger partial charge in [-0.05, 0) is 33.1 Å². The Morgan fingerprint density at radius 3 is 1.54 bits per heavy atom. The van der Waals surface area contributed by atoms with E-state index in [2.05, 4.69) is 0 Å². The molecule has 2 fully saturated rings. The van der Waals surface area contributed by atoms with Gasteiger partial charge in [-0.3, -0.25) is 0 Å². The monoisotopic (exact) mass is 358 g/mol. The second kappa shape index (κ2) is 14.3. The van der Waals surface area contributed by atoms with Crippen molar-refractivity contribution in [3.63, 3.8) is 0 Å². The molecule has 0 unspecified atom stereocenters. The Kier molecular flexibility index (Phi) is 13.2. The molecule has 0 aromatic heterocycles. The summed E-state index contributed by atoms with van der Waals surface area (Å²) in [6.45, 7) is 8.15.